The Labute approximate surface area is 112 Å². The average Bonchev–Trinajstić information content (AvgIpc) is 2.67. The van der Waals surface area contributed by atoms with Crippen LogP contribution in [0, 0.1) is 11.6 Å². The molecular formula is C13H8ClF2N3. The number of nitrogens with two attached hydrogens (primary N) is 1. The number of rotatable bonds is 1. The summed E-state index contributed by atoms with van der Waals surface area (Å²) in [5, 5.41) is 0.204. The minimum atomic E-state index is -0.442. The third kappa shape index (κ3) is 1.92. The van der Waals surface area contributed by atoms with E-state index < -0.39 is 11.6 Å². The zero-order valence-electron chi connectivity index (χ0n) is 9.57. The lowest BCUT2D eigenvalue weighted by Gasteiger charge is -2.02. The molecule has 6 heteroatoms. The molecule has 96 valence electrons. The molecule has 1 aromatic carbocycles. The van der Waals surface area contributed by atoms with Gasteiger partial charge in [-0.3, -0.25) is 4.40 Å². The molecule has 19 heavy (non-hydrogen) atoms. The number of benzene rings is 1. The number of imidazole rings is 1. The molecule has 0 radical (unpaired) electrons. The van der Waals surface area contributed by atoms with Crippen molar-refractivity contribution in [2.45, 2.75) is 0 Å². The van der Waals surface area contributed by atoms with Crippen LogP contribution in [-0.4, -0.2) is 9.38 Å². The maximum absolute atomic E-state index is 13.2. The lowest BCUT2D eigenvalue weighted by Crippen LogP contribution is -1.95. The first-order valence-corrected chi connectivity index (χ1v) is 5.82. The lowest BCUT2D eigenvalue weighted by molar-refractivity contribution is 0.619. The van der Waals surface area contributed by atoms with Crippen molar-refractivity contribution in [1.29, 1.82) is 0 Å². The van der Waals surface area contributed by atoms with Crippen LogP contribution in [0.15, 0.2) is 36.5 Å². The Morgan fingerprint density at radius 2 is 1.84 bits per heavy atom. The van der Waals surface area contributed by atoms with Gasteiger partial charge in [-0.15, -0.1) is 0 Å². The van der Waals surface area contributed by atoms with Crippen molar-refractivity contribution in [3.8, 4) is 11.3 Å². The molecule has 3 nitrogen and oxygen atoms in total. The van der Waals surface area contributed by atoms with Crippen LogP contribution in [0.2, 0.25) is 5.02 Å². The largest absolute Gasteiger partial charge is 0.383 e. The Kier molecular flexibility index (Phi) is 2.64. The maximum Gasteiger partial charge on any atom is 0.140 e. The van der Waals surface area contributed by atoms with Crippen LogP contribution in [0.5, 0.6) is 0 Å². The molecule has 0 aliphatic rings. The van der Waals surface area contributed by atoms with Gasteiger partial charge in [0.15, 0.2) is 0 Å². The molecule has 0 spiro atoms. The van der Waals surface area contributed by atoms with E-state index in [0.29, 0.717) is 16.9 Å². The molecule has 2 N–H and O–H groups in total. The normalized spacial score (nSPS) is 11.1. The highest BCUT2D eigenvalue weighted by atomic mass is 35.5. The topological polar surface area (TPSA) is 43.3 Å². The fourth-order valence-electron chi connectivity index (χ4n) is 1.92. The fraction of sp³-hybridized carbons (Fsp3) is 0. The third-order valence-electron chi connectivity index (χ3n) is 2.81. The summed E-state index contributed by atoms with van der Waals surface area (Å²) in [5.41, 5.74) is 7.33. The van der Waals surface area contributed by atoms with Crippen molar-refractivity contribution in [1.82, 2.24) is 9.38 Å². The maximum atomic E-state index is 13.2. The molecule has 3 rings (SSSR count). The van der Waals surface area contributed by atoms with Crippen molar-refractivity contribution in [3.05, 3.63) is 53.2 Å². The van der Waals surface area contributed by atoms with Crippen molar-refractivity contribution in [3.63, 3.8) is 0 Å². The van der Waals surface area contributed by atoms with E-state index in [1.54, 1.807) is 0 Å². The van der Waals surface area contributed by atoms with Gasteiger partial charge in [-0.05, 0) is 30.3 Å². The van der Waals surface area contributed by atoms with Crippen LogP contribution in [0.25, 0.3) is 16.9 Å². The highest BCUT2D eigenvalue weighted by Crippen LogP contribution is 2.32. The summed E-state index contributed by atoms with van der Waals surface area (Å²) in [7, 11) is 0. The van der Waals surface area contributed by atoms with Gasteiger partial charge in [-0.1, -0.05) is 11.6 Å². The van der Waals surface area contributed by atoms with Gasteiger partial charge in [0.05, 0.1) is 5.02 Å². The average molecular weight is 280 g/mol. The summed E-state index contributed by atoms with van der Waals surface area (Å²) in [5.74, 6) is -0.613. The van der Waals surface area contributed by atoms with Gasteiger partial charge in [-0.2, -0.15) is 0 Å². The first kappa shape index (κ1) is 11.9. The van der Waals surface area contributed by atoms with Gasteiger partial charge in [0.1, 0.15) is 28.8 Å². The van der Waals surface area contributed by atoms with E-state index in [-0.39, 0.29) is 10.8 Å². The van der Waals surface area contributed by atoms with E-state index in [4.69, 9.17) is 17.3 Å². The van der Waals surface area contributed by atoms with Crippen molar-refractivity contribution in [2.24, 2.45) is 0 Å². The molecule has 3 aromatic rings. The van der Waals surface area contributed by atoms with Gasteiger partial charge in [-0.25, -0.2) is 13.8 Å². The second-order valence-electron chi connectivity index (χ2n) is 4.05. The molecule has 0 saturated carbocycles. The third-order valence-corrected chi connectivity index (χ3v) is 3.12. The summed E-state index contributed by atoms with van der Waals surface area (Å²) in [6, 6.07) is 6.74. The SMILES string of the molecule is Nc1c(-c2ccc(F)cc2Cl)nc2ccc(F)cn12. The number of anilines is 1. The van der Waals surface area contributed by atoms with Crippen LogP contribution >= 0.6 is 11.6 Å². The first-order chi connectivity index (χ1) is 9.06. The molecule has 0 aliphatic heterocycles. The van der Waals surface area contributed by atoms with Crippen LogP contribution in [0.3, 0.4) is 0 Å². The van der Waals surface area contributed by atoms with Crippen LogP contribution < -0.4 is 5.73 Å². The zero-order valence-corrected chi connectivity index (χ0v) is 10.3. The number of nitrogens with zero attached hydrogens (tertiary/aromatic N) is 2. The Morgan fingerprint density at radius 3 is 2.58 bits per heavy atom. The van der Waals surface area contributed by atoms with Crippen LogP contribution in [0.1, 0.15) is 0 Å². The van der Waals surface area contributed by atoms with E-state index in [2.05, 4.69) is 4.98 Å². The molecule has 0 fully saturated rings. The van der Waals surface area contributed by atoms with Crippen LogP contribution in [-0.2, 0) is 0 Å². The Balaban J connectivity index is 2.28. The summed E-state index contributed by atoms with van der Waals surface area (Å²) in [6.45, 7) is 0. The second kappa shape index (κ2) is 4.20. The Bertz CT molecular complexity index is 783. The van der Waals surface area contributed by atoms with Gasteiger partial charge in [0.25, 0.3) is 0 Å². The monoisotopic (exact) mass is 279 g/mol. The molecule has 0 saturated heterocycles. The van der Waals surface area contributed by atoms with E-state index in [0.717, 1.165) is 0 Å². The predicted molar refractivity (Wildman–Crippen MR) is 70.0 cm³/mol. The number of fused-ring (bicyclic) bond motifs is 1. The molecule has 2 aromatic heterocycles. The van der Waals surface area contributed by atoms with Crippen molar-refractivity contribution < 1.29 is 8.78 Å². The summed E-state index contributed by atoms with van der Waals surface area (Å²) >= 11 is 5.98. The number of hydrogen-bond donors (Lipinski definition) is 1. The second-order valence-corrected chi connectivity index (χ2v) is 4.45. The summed E-state index contributed by atoms with van der Waals surface area (Å²) in [6.07, 6.45) is 1.23. The van der Waals surface area contributed by atoms with Crippen molar-refractivity contribution >= 4 is 23.1 Å². The molecule has 0 atom stereocenters. The number of halogens is 3. The lowest BCUT2D eigenvalue weighted by atomic mass is 10.1. The molecule has 0 amide bonds. The smallest absolute Gasteiger partial charge is 0.140 e. The number of pyridine rings is 1. The Hall–Kier alpha value is -2.14. The number of nitrogen functional groups attached to an aromatic ring is 1. The summed E-state index contributed by atoms with van der Waals surface area (Å²) in [4.78, 5) is 4.28. The van der Waals surface area contributed by atoms with E-state index >= 15 is 0 Å². The minimum Gasteiger partial charge on any atom is -0.383 e. The molecule has 0 unspecified atom stereocenters. The van der Waals surface area contributed by atoms with E-state index in [1.807, 2.05) is 0 Å². The Morgan fingerprint density at radius 1 is 1.11 bits per heavy atom. The van der Waals surface area contributed by atoms with E-state index in [1.165, 1.54) is 40.9 Å². The highest BCUT2D eigenvalue weighted by Gasteiger charge is 2.14. The fourth-order valence-corrected chi connectivity index (χ4v) is 2.17. The van der Waals surface area contributed by atoms with Gasteiger partial charge in [0, 0.05) is 11.8 Å². The number of aromatic nitrogens is 2. The predicted octanol–water partition coefficient (Wildman–Crippen LogP) is 3.52. The summed E-state index contributed by atoms with van der Waals surface area (Å²) < 4.78 is 27.6. The quantitative estimate of drug-likeness (QED) is 0.741. The molecule has 0 bridgehead atoms. The first-order valence-electron chi connectivity index (χ1n) is 5.45. The number of hydrogen-bond acceptors (Lipinski definition) is 2. The minimum absolute atomic E-state index is 0.204. The molecule has 0 aliphatic carbocycles. The van der Waals surface area contributed by atoms with Crippen molar-refractivity contribution in [2.75, 3.05) is 5.73 Å². The zero-order chi connectivity index (χ0) is 13.6. The van der Waals surface area contributed by atoms with Gasteiger partial charge >= 0.3 is 0 Å². The molecular weight excluding hydrogens is 272 g/mol. The highest BCUT2D eigenvalue weighted by molar-refractivity contribution is 6.33. The van der Waals surface area contributed by atoms with Gasteiger partial charge in [0.2, 0.25) is 0 Å². The standard InChI is InChI=1S/C13H8ClF2N3/c14-10-5-7(15)1-3-9(10)12-13(17)19-6-8(16)2-4-11(19)18-12/h1-6H,17H2. The van der Waals surface area contributed by atoms with E-state index in [9.17, 15) is 8.78 Å². The van der Waals surface area contributed by atoms with Crippen LogP contribution in [0.4, 0.5) is 14.6 Å². The van der Waals surface area contributed by atoms with Gasteiger partial charge < -0.3 is 5.73 Å². The molecule has 2 heterocycles.